The van der Waals surface area contributed by atoms with Crippen molar-refractivity contribution in [3.63, 3.8) is 0 Å². The SMILES string of the molecule is CC(C)C(=O)COC(=O)C1(C(=O)OCc2ccccc2)CCN(Cc2ccc(-c3noc(-c4ccc(-c5ccccc5)c(F)c4)n3)cc2)CC1. The van der Waals surface area contributed by atoms with E-state index in [2.05, 4.69) is 15.0 Å². The molecule has 9 nitrogen and oxygen atoms in total. The molecule has 0 spiro atoms. The maximum Gasteiger partial charge on any atom is 0.324 e. The van der Waals surface area contributed by atoms with Crippen LogP contribution in [0, 0.1) is 17.2 Å². The molecular formula is C40H38FN3O6. The number of carbonyl (C=O) groups is 3. The molecule has 5 aromatic rings. The Kier molecular flexibility index (Phi) is 10.6. The van der Waals surface area contributed by atoms with Gasteiger partial charge in [-0.2, -0.15) is 4.98 Å². The molecule has 1 saturated heterocycles. The van der Waals surface area contributed by atoms with Crippen molar-refractivity contribution in [2.45, 2.75) is 39.8 Å². The Labute approximate surface area is 290 Å². The molecular weight excluding hydrogens is 637 g/mol. The summed E-state index contributed by atoms with van der Waals surface area (Å²) in [6, 6.07) is 31.1. The Morgan fingerprint density at radius 1 is 0.800 bits per heavy atom. The molecule has 2 heterocycles. The monoisotopic (exact) mass is 675 g/mol. The molecule has 1 fully saturated rings. The standard InChI is InChI=1S/C40H38FN3O6/c1-27(2)35(45)26-49-39(47)40(38(46)48-25-29-9-5-3-6-10-29)19-21-44(22-20-40)24-28-13-15-31(16-14-28)36-42-37(50-43-36)32-17-18-33(34(41)23-32)30-11-7-4-8-12-30/h3-18,23,27H,19-22,24-26H2,1-2H3. The van der Waals surface area contributed by atoms with Gasteiger partial charge in [0.15, 0.2) is 11.2 Å². The van der Waals surface area contributed by atoms with Crippen molar-refractivity contribution < 1.29 is 32.8 Å². The van der Waals surface area contributed by atoms with E-state index in [-0.39, 0.29) is 49.5 Å². The van der Waals surface area contributed by atoms with Gasteiger partial charge in [0.1, 0.15) is 19.0 Å². The molecule has 0 radical (unpaired) electrons. The summed E-state index contributed by atoms with van der Waals surface area (Å²) in [6.07, 6.45) is 0.401. The first-order chi connectivity index (χ1) is 24.2. The van der Waals surface area contributed by atoms with Gasteiger partial charge in [0.05, 0.1) is 0 Å². The lowest BCUT2D eigenvalue weighted by Crippen LogP contribution is -2.50. The van der Waals surface area contributed by atoms with Crippen LogP contribution in [0.1, 0.15) is 37.8 Å². The minimum atomic E-state index is -1.49. The first-order valence-electron chi connectivity index (χ1n) is 16.6. The van der Waals surface area contributed by atoms with Crippen molar-refractivity contribution in [2.24, 2.45) is 11.3 Å². The number of likely N-dealkylation sites (tertiary alicyclic amines) is 1. The molecule has 4 aromatic carbocycles. The average molecular weight is 676 g/mol. The molecule has 1 aliphatic rings. The fraction of sp³-hybridized carbons (Fsp3) is 0.275. The second-order valence-electron chi connectivity index (χ2n) is 12.8. The van der Waals surface area contributed by atoms with Gasteiger partial charge in [-0.3, -0.25) is 19.3 Å². The van der Waals surface area contributed by atoms with Gasteiger partial charge in [-0.15, -0.1) is 0 Å². The van der Waals surface area contributed by atoms with Crippen molar-refractivity contribution >= 4 is 17.7 Å². The van der Waals surface area contributed by atoms with Gasteiger partial charge in [-0.1, -0.05) is 110 Å². The summed E-state index contributed by atoms with van der Waals surface area (Å²) >= 11 is 0. The highest BCUT2D eigenvalue weighted by molar-refractivity contribution is 6.01. The average Bonchev–Trinajstić information content (AvgIpc) is 3.65. The van der Waals surface area contributed by atoms with Crippen LogP contribution < -0.4 is 0 Å². The fourth-order valence-electron chi connectivity index (χ4n) is 5.86. The maximum absolute atomic E-state index is 14.9. The van der Waals surface area contributed by atoms with Gasteiger partial charge in [-0.05, 0) is 41.7 Å². The zero-order valence-electron chi connectivity index (χ0n) is 28.0. The molecule has 1 aliphatic heterocycles. The van der Waals surface area contributed by atoms with E-state index in [1.807, 2.05) is 84.9 Å². The molecule has 50 heavy (non-hydrogen) atoms. The number of rotatable bonds is 12. The molecule has 0 atom stereocenters. The lowest BCUT2D eigenvalue weighted by molar-refractivity contribution is -0.178. The van der Waals surface area contributed by atoms with E-state index in [1.165, 1.54) is 6.07 Å². The number of Topliss-reactive ketones (excluding diaryl/α,β-unsaturated/α-hetero) is 1. The Balaban J connectivity index is 1.08. The van der Waals surface area contributed by atoms with E-state index >= 15 is 0 Å². The van der Waals surface area contributed by atoms with Crippen molar-refractivity contribution in [1.82, 2.24) is 15.0 Å². The van der Waals surface area contributed by atoms with Gasteiger partial charge in [0.2, 0.25) is 5.82 Å². The van der Waals surface area contributed by atoms with Crippen molar-refractivity contribution in [2.75, 3.05) is 19.7 Å². The second kappa shape index (κ2) is 15.4. The van der Waals surface area contributed by atoms with E-state index in [1.54, 1.807) is 26.0 Å². The number of benzene rings is 4. The van der Waals surface area contributed by atoms with Crippen LogP contribution in [0.4, 0.5) is 4.39 Å². The zero-order chi connectivity index (χ0) is 35.1. The van der Waals surface area contributed by atoms with Gasteiger partial charge in [-0.25, -0.2) is 4.39 Å². The number of esters is 2. The van der Waals surface area contributed by atoms with Crippen LogP contribution in [0.3, 0.4) is 0 Å². The summed E-state index contributed by atoms with van der Waals surface area (Å²) < 4.78 is 31.5. The summed E-state index contributed by atoms with van der Waals surface area (Å²) in [7, 11) is 0. The number of hydrogen-bond acceptors (Lipinski definition) is 9. The highest BCUT2D eigenvalue weighted by atomic mass is 19.1. The van der Waals surface area contributed by atoms with E-state index in [0.717, 1.165) is 22.3 Å². The minimum Gasteiger partial charge on any atom is -0.460 e. The van der Waals surface area contributed by atoms with Gasteiger partial charge >= 0.3 is 11.9 Å². The maximum atomic E-state index is 14.9. The van der Waals surface area contributed by atoms with Crippen LogP contribution in [-0.2, 0) is 37.0 Å². The van der Waals surface area contributed by atoms with Crippen LogP contribution >= 0.6 is 0 Å². The Bertz CT molecular complexity index is 1940. The number of nitrogens with zero attached hydrogens (tertiary/aromatic N) is 3. The first kappa shape index (κ1) is 34.4. The lowest BCUT2D eigenvalue weighted by Gasteiger charge is -2.38. The quantitative estimate of drug-likeness (QED) is 0.0993. The molecule has 0 saturated carbocycles. The Morgan fingerprint density at radius 2 is 1.44 bits per heavy atom. The summed E-state index contributed by atoms with van der Waals surface area (Å²) in [5.74, 6) is -1.64. The van der Waals surface area contributed by atoms with E-state index in [4.69, 9.17) is 14.0 Å². The van der Waals surface area contributed by atoms with Gasteiger partial charge in [0.25, 0.3) is 5.89 Å². The molecule has 0 amide bonds. The third kappa shape index (κ3) is 7.87. The topological polar surface area (TPSA) is 112 Å². The molecule has 10 heteroatoms. The van der Waals surface area contributed by atoms with Crippen LogP contribution in [0.5, 0.6) is 0 Å². The van der Waals surface area contributed by atoms with E-state index < -0.39 is 17.4 Å². The highest BCUT2D eigenvalue weighted by Crippen LogP contribution is 2.36. The summed E-state index contributed by atoms with van der Waals surface area (Å²) in [5.41, 5.74) is 2.83. The minimum absolute atomic E-state index is 0.0367. The van der Waals surface area contributed by atoms with Gasteiger partial charge < -0.3 is 14.0 Å². The predicted octanol–water partition coefficient (Wildman–Crippen LogP) is 7.30. The summed E-state index contributed by atoms with van der Waals surface area (Å²) in [5, 5.41) is 4.11. The lowest BCUT2D eigenvalue weighted by atomic mass is 9.78. The van der Waals surface area contributed by atoms with Gasteiger partial charge in [0, 0.05) is 42.2 Å². The number of ketones is 1. The smallest absolute Gasteiger partial charge is 0.324 e. The summed E-state index contributed by atoms with van der Waals surface area (Å²) in [4.78, 5) is 45.7. The van der Waals surface area contributed by atoms with Crippen LogP contribution in [0.25, 0.3) is 34.0 Å². The molecule has 0 N–H and O–H groups in total. The number of hydrogen-bond donors (Lipinski definition) is 0. The van der Waals surface area contributed by atoms with Crippen molar-refractivity contribution in [3.8, 4) is 34.0 Å². The van der Waals surface area contributed by atoms with Crippen molar-refractivity contribution in [1.29, 1.82) is 0 Å². The number of aromatic nitrogens is 2. The van der Waals surface area contributed by atoms with Crippen LogP contribution in [-0.4, -0.2) is 52.5 Å². The molecule has 0 unspecified atom stereocenters. The predicted molar refractivity (Wildman–Crippen MR) is 185 cm³/mol. The third-order valence-electron chi connectivity index (χ3n) is 9.04. The summed E-state index contributed by atoms with van der Waals surface area (Å²) in [6.45, 7) is 4.61. The third-order valence-corrected chi connectivity index (χ3v) is 9.04. The Hall–Kier alpha value is -5.48. The zero-order valence-corrected chi connectivity index (χ0v) is 28.0. The van der Waals surface area contributed by atoms with E-state index in [0.29, 0.717) is 36.6 Å². The fourth-order valence-corrected chi connectivity index (χ4v) is 5.86. The normalized spacial score (nSPS) is 14.3. The number of ether oxygens (including phenoxy) is 2. The second-order valence-corrected chi connectivity index (χ2v) is 12.8. The Morgan fingerprint density at radius 3 is 2.10 bits per heavy atom. The molecule has 0 bridgehead atoms. The largest absolute Gasteiger partial charge is 0.460 e. The highest BCUT2D eigenvalue weighted by Gasteiger charge is 2.51. The molecule has 256 valence electrons. The molecule has 0 aliphatic carbocycles. The molecule has 1 aromatic heterocycles. The van der Waals surface area contributed by atoms with Crippen molar-refractivity contribution in [3.05, 3.63) is 120 Å². The number of carbonyl (C=O) groups excluding carboxylic acids is 3. The van der Waals surface area contributed by atoms with E-state index in [9.17, 15) is 18.8 Å². The van der Waals surface area contributed by atoms with Crippen LogP contribution in [0.2, 0.25) is 0 Å². The van der Waals surface area contributed by atoms with Crippen LogP contribution in [0.15, 0.2) is 108 Å². The first-order valence-corrected chi connectivity index (χ1v) is 16.6. The number of piperidine rings is 1. The number of halogens is 1. The molecule has 6 rings (SSSR count).